The first-order valence-electron chi connectivity index (χ1n) is 11.5. The van der Waals surface area contributed by atoms with Crippen LogP contribution < -0.4 is 5.56 Å². The highest BCUT2D eigenvalue weighted by atomic mass is 19.1. The van der Waals surface area contributed by atoms with Gasteiger partial charge in [0.05, 0.1) is 17.4 Å². The first kappa shape index (κ1) is 21.3. The van der Waals surface area contributed by atoms with E-state index in [0.29, 0.717) is 12.2 Å². The van der Waals surface area contributed by atoms with Gasteiger partial charge in [-0.05, 0) is 56.2 Å². The van der Waals surface area contributed by atoms with Crippen molar-refractivity contribution in [2.24, 2.45) is 28.7 Å². The van der Waals surface area contributed by atoms with Crippen molar-refractivity contribution in [1.29, 1.82) is 0 Å². The van der Waals surface area contributed by atoms with Crippen LogP contribution in [0.1, 0.15) is 57.7 Å². The zero-order valence-electron chi connectivity index (χ0n) is 18.6. The van der Waals surface area contributed by atoms with Crippen molar-refractivity contribution in [2.75, 3.05) is 0 Å². The van der Waals surface area contributed by atoms with Gasteiger partial charge < -0.3 is 14.8 Å². The Kier molecular flexibility index (Phi) is 4.82. The predicted molar refractivity (Wildman–Crippen MR) is 118 cm³/mol. The second kappa shape index (κ2) is 7.24. The van der Waals surface area contributed by atoms with Crippen molar-refractivity contribution in [1.82, 2.24) is 4.57 Å². The maximum Gasteiger partial charge on any atom is 0.340 e. The number of hydrogen-bond acceptors (Lipinski definition) is 4. The Labute approximate surface area is 186 Å². The minimum absolute atomic E-state index is 0.0422. The summed E-state index contributed by atoms with van der Waals surface area (Å²) in [5.74, 6) is -0.945. The van der Waals surface area contributed by atoms with Crippen LogP contribution in [-0.4, -0.2) is 32.5 Å². The number of halogens is 1. The zero-order valence-corrected chi connectivity index (χ0v) is 18.6. The lowest BCUT2D eigenvalue weighted by molar-refractivity contribution is -0.160. The molecule has 5 rings (SSSR count). The fourth-order valence-electron chi connectivity index (χ4n) is 5.95. The molecule has 6 atom stereocenters. The van der Waals surface area contributed by atoms with Gasteiger partial charge in [0, 0.05) is 35.9 Å². The van der Waals surface area contributed by atoms with Gasteiger partial charge in [0.2, 0.25) is 0 Å². The number of aromatic nitrogens is 1. The number of rotatable bonds is 3. The van der Waals surface area contributed by atoms with Crippen LogP contribution in [0.5, 0.6) is 0 Å². The molecule has 6 nitrogen and oxygen atoms in total. The molecule has 4 unspecified atom stereocenters. The van der Waals surface area contributed by atoms with Gasteiger partial charge in [-0.2, -0.15) is 0 Å². The number of aliphatic imine (C=N–C) groups is 1. The molecule has 3 heterocycles. The number of carboxylic acid groups (broad SMARTS) is 1. The number of fused-ring (bicyclic) bond motifs is 4. The van der Waals surface area contributed by atoms with Crippen LogP contribution in [0.25, 0.3) is 0 Å². The second-order valence-corrected chi connectivity index (χ2v) is 9.85. The summed E-state index contributed by atoms with van der Waals surface area (Å²) in [4.78, 5) is 29.9. The molecule has 4 aliphatic rings. The number of allylic oxidation sites excluding steroid dienone is 2. The van der Waals surface area contributed by atoms with E-state index in [-0.39, 0.29) is 53.1 Å². The van der Waals surface area contributed by atoms with E-state index in [9.17, 15) is 24.2 Å². The van der Waals surface area contributed by atoms with Gasteiger partial charge in [-0.15, -0.1) is 0 Å². The molecule has 7 heteroatoms. The highest BCUT2D eigenvalue weighted by Gasteiger charge is 2.54. The molecular formula is C25H29FN2O4. The molecule has 0 aromatic carbocycles. The highest BCUT2D eigenvalue weighted by Crippen LogP contribution is 2.55. The standard InChI is InChI=1S/C25H29FN2O4/c1-4-25(32,24(30)31)14-8-19-22-17(11-28(19)20(29)9-14)12(2)6-5-7-15-13(3)18(26)10-16-21(15)23(16)27-22/h8-10,12,16-17,21,23,32H,4-7,11H2,1-3H3,(H,30,31)/t12?,16?,17?,21-,23?,25+/m1/s1. The van der Waals surface area contributed by atoms with E-state index in [0.717, 1.165) is 30.5 Å². The molecule has 2 N–H and O–H groups in total. The fourth-order valence-corrected chi connectivity index (χ4v) is 5.95. The molecule has 0 amide bonds. The summed E-state index contributed by atoms with van der Waals surface area (Å²) in [5, 5.41) is 20.4. The van der Waals surface area contributed by atoms with Gasteiger partial charge >= 0.3 is 5.97 Å². The number of aliphatic carboxylic acids is 1. The smallest absolute Gasteiger partial charge is 0.340 e. The summed E-state index contributed by atoms with van der Waals surface area (Å²) in [7, 11) is 0. The van der Waals surface area contributed by atoms with Crippen LogP contribution in [-0.2, 0) is 16.9 Å². The van der Waals surface area contributed by atoms with Crippen LogP contribution >= 0.6 is 0 Å². The van der Waals surface area contributed by atoms with E-state index in [1.807, 2.05) is 6.92 Å². The first-order valence-corrected chi connectivity index (χ1v) is 11.5. The average Bonchev–Trinajstić information content (AvgIpc) is 3.28. The monoisotopic (exact) mass is 440 g/mol. The molecule has 1 aromatic rings. The lowest BCUT2D eigenvalue weighted by Gasteiger charge is -2.23. The van der Waals surface area contributed by atoms with Gasteiger partial charge in [0.25, 0.3) is 5.56 Å². The van der Waals surface area contributed by atoms with Crippen molar-refractivity contribution < 1.29 is 19.4 Å². The number of hydrogen-bond donors (Lipinski definition) is 2. The third-order valence-corrected chi connectivity index (χ3v) is 8.16. The Bertz CT molecular complexity index is 1160. The molecule has 0 saturated heterocycles. The molecule has 2 aliphatic heterocycles. The normalized spacial score (nSPS) is 32.7. The number of carboxylic acids is 1. The lowest BCUT2D eigenvalue weighted by atomic mass is 9.84. The minimum atomic E-state index is -2.12. The molecule has 1 aromatic heterocycles. The van der Waals surface area contributed by atoms with E-state index in [4.69, 9.17) is 4.99 Å². The SMILES string of the molecule is CC[C@@](O)(C(=O)O)c1cc2n(c(=O)c1)CC1C2=NC2C3C=C(F)C(C)=C(CCCC1C)[C@H]32. The second-order valence-electron chi connectivity index (χ2n) is 9.85. The van der Waals surface area contributed by atoms with E-state index >= 15 is 0 Å². The largest absolute Gasteiger partial charge is 0.479 e. The molecule has 1 fully saturated rings. The molecule has 32 heavy (non-hydrogen) atoms. The minimum Gasteiger partial charge on any atom is -0.479 e. The van der Waals surface area contributed by atoms with E-state index in [1.165, 1.54) is 11.6 Å². The Balaban J connectivity index is 1.65. The molecule has 0 bridgehead atoms. The Morgan fingerprint density at radius 2 is 2.12 bits per heavy atom. The number of nitrogens with zero attached hydrogens (tertiary/aromatic N) is 2. The van der Waals surface area contributed by atoms with Crippen molar-refractivity contribution in [3.8, 4) is 0 Å². The Hall–Kier alpha value is -2.54. The quantitative estimate of drug-likeness (QED) is 0.752. The summed E-state index contributed by atoms with van der Waals surface area (Å²) < 4.78 is 16.2. The zero-order chi connectivity index (χ0) is 22.9. The van der Waals surface area contributed by atoms with Gasteiger partial charge in [-0.3, -0.25) is 9.79 Å². The van der Waals surface area contributed by atoms with Gasteiger partial charge in [0.1, 0.15) is 5.83 Å². The van der Waals surface area contributed by atoms with Crippen molar-refractivity contribution >= 4 is 11.7 Å². The maximum atomic E-state index is 14.5. The van der Waals surface area contributed by atoms with Crippen LogP contribution in [0.4, 0.5) is 4.39 Å². The third kappa shape index (κ3) is 2.97. The molecule has 2 aliphatic carbocycles. The summed E-state index contributed by atoms with van der Waals surface area (Å²) in [5.41, 5.74) is 0.956. The Morgan fingerprint density at radius 1 is 1.38 bits per heavy atom. The van der Waals surface area contributed by atoms with E-state index < -0.39 is 11.6 Å². The maximum absolute atomic E-state index is 14.5. The van der Waals surface area contributed by atoms with E-state index in [1.54, 1.807) is 23.6 Å². The Morgan fingerprint density at radius 3 is 2.81 bits per heavy atom. The highest BCUT2D eigenvalue weighted by molar-refractivity contribution is 6.03. The number of pyridine rings is 1. The molecule has 1 saturated carbocycles. The van der Waals surface area contributed by atoms with Gasteiger partial charge in [0.15, 0.2) is 5.60 Å². The molecule has 0 spiro atoms. The number of aliphatic hydroxyl groups is 1. The van der Waals surface area contributed by atoms with Crippen LogP contribution in [0.2, 0.25) is 0 Å². The van der Waals surface area contributed by atoms with Crippen LogP contribution in [0.15, 0.2) is 45.0 Å². The number of carbonyl (C=O) groups is 1. The van der Waals surface area contributed by atoms with Crippen LogP contribution in [0, 0.1) is 23.7 Å². The average molecular weight is 441 g/mol. The van der Waals surface area contributed by atoms with Gasteiger partial charge in [-0.25, -0.2) is 9.18 Å². The summed E-state index contributed by atoms with van der Waals surface area (Å²) >= 11 is 0. The molecule has 0 radical (unpaired) electrons. The van der Waals surface area contributed by atoms with Crippen molar-refractivity contribution in [2.45, 2.75) is 64.6 Å². The van der Waals surface area contributed by atoms with Crippen molar-refractivity contribution in [3.63, 3.8) is 0 Å². The summed E-state index contributed by atoms with van der Waals surface area (Å²) in [6.07, 6.45) is 4.42. The van der Waals surface area contributed by atoms with Crippen LogP contribution in [0.3, 0.4) is 0 Å². The topological polar surface area (TPSA) is 91.9 Å². The van der Waals surface area contributed by atoms with E-state index in [2.05, 4.69) is 6.92 Å². The first-order chi connectivity index (χ1) is 15.2. The summed E-state index contributed by atoms with van der Waals surface area (Å²) in [6.45, 7) is 6.10. The van der Waals surface area contributed by atoms with Crippen molar-refractivity contribution in [3.05, 3.63) is 56.8 Å². The third-order valence-electron chi connectivity index (χ3n) is 8.16. The molecule has 170 valence electrons. The summed E-state index contributed by atoms with van der Waals surface area (Å²) in [6, 6.07) is 2.81. The predicted octanol–water partition coefficient (Wildman–Crippen LogP) is 3.57. The lowest BCUT2D eigenvalue weighted by Crippen LogP contribution is -2.37. The van der Waals surface area contributed by atoms with Gasteiger partial charge in [-0.1, -0.05) is 19.4 Å². The fraction of sp³-hybridized carbons (Fsp3) is 0.560. The molecular weight excluding hydrogens is 411 g/mol.